The van der Waals surface area contributed by atoms with Crippen molar-refractivity contribution in [2.24, 2.45) is 11.3 Å². The molecule has 0 bridgehead atoms. The molecule has 5 nitrogen and oxygen atoms in total. The smallest absolute Gasteiger partial charge is 0.337 e. The lowest BCUT2D eigenvalue weighted by molar-refractivity contribution is -0.156. The molecule has 5 heteroatoms. The molecule has 0 aliphatic rings. The van der Waals surface area contributed by atoms with Crippen LogP contribution < -0.4 is 5.32 Å². The molecule has 0 heterocycles. The number of hydrogen-bond acceptors (Lipinski definition) is 3. The molecule has 17 heavy (non-hydrogen) atoms. The Hall–Kier alpha value is -1.10. The van der Waals surface area contributed by atoms with Gasteiger partial charge in [-0.3, -0.25) is 4.79 Å². The molecule has 0 aromatic carbocycles. The fraction of sp³-hybridized carbons (Fsp3) is 0.833. The van der Waals surface area contributed by atoms with Gasteiger partial charge >= 0.3 is 5.97 Å². The summed E-state index contributed by atoms with van der Waals surface area (Å²) in [6, 6.07) is 0. The maximum Gasteiger partial charge on any atom is 0.337 e. The maximum atomic E-state index is 11.6. The minimum absolute atomic E-state index is 0.0205. The normalized spacial score (nSPS) is 17.1. The third-order valence-corrected chi connectivity index (χ3v) is 3.06. The van der Waals surface area contributed by atoms with Gasteiger partial charge in [-0.15, -0.1) is 0 Å². The Morgan fingerprint density at radius 1 is 1.24 bits per heavy atom. The highest BCUT2D eigenvalue weighted by atomic mass is 16.4. The predicted octanol–water partition coefficient (Wildman–Crippen LogP) is 1.01. The van der Waals surface area contributed by atoms with Crippen LogP contribution in [-0.2, 0) is 9.59 Å². The first-order chi connectivity index (χ1) is 7.47. The molecule has 0 radical (unpaired) electrons. The van der Waals surface area contributed by atoms with Crippen LogP contribution in [-0.4, -0.2) is 34.2 Å². The van der Waals surface area contributed by atoms with Crippen LogP contribution in [0.1, 0.15) is 41.0 Å². The van der Waals surface area contributed by atoms with Gasteiger partial charge in [0.15, 0.2) is 5.60 Å². The molecule has 0 fully saturated rings. The quantitative estimate of drug-likeness (QED) is 0.674. The summed E-state index contributed by atoms with van der Waals surface area (Å²) in [4.78, 5) is 22.2. The molecule has 0 saturated carbocycles. The number of hydrogen-bond donors (Lipinski definition) is 3. The van der Waals surface area contributed by atoms with Gasteiger partial charge in [0.1, 0.15) is 0 Å². The van der Waals surface area contributed by atoms with Gasteiger partial charge in [0.05, 0.1) is 6.54 Å². The number of carbonyl (C=O) groups is 2. The minimum atomic E-state index is -1.92. The number of amides is 1. The lowest BCUT2D eigenvalue weighted by Crippen LogP contribution is -2.47. The van der Waals surface area contributed by atoms with Crippen molar-refractivity contribution in [1.29, 1.82) is 0 Å². The molecule has 2 unspecified atom stereocenters. The largest absolute Gasteiger partial charge is 0.479 e. The van der Waals surface area contributed by atoms with E-state index in [1.165, 1.54) is 0 Å². The maximum absolute atomic E-state index is 11.6. The first kappa shape index (κ1) is 15.9. The van der Waals surface area contributed by atoms with E-state index in [9.17, 15) is 14.7 Å². The van der Waals surface area contributed by atoms with Gasteiger partial charge < -0.3 is 15.5 Å². The zero-order chi connectivity index (χ0) is 13.9. The topological polar surface area (TPSA) is 86.6 Å². The van der Waals surface area contributed by atoms with Crippen LogP contribution >= 0.6 is 0 Å². The average molecular weight is 245 g/mol. The number of aliphatic carboxylic acids is 1. The number of aliphatic hydroxyl groups is 1. The van der Waals surface area contributed by atoms with Crippen LogP contribution in [0, 0.1) is 11.3 Å². The molecule has 100 valence electrons. The number of carboxylic acid groups (broad SMARTS) is 1. The molecule has 0 spiro atoms. The third-order valence-electron chi connectivity index (χ3n) is 3.06. The summed E-state index contributed by atoms with van der Waals surface area (Å²) in [7, 11) is 0. The van der Waals surface area contributed by atoms with Gasteiger partial charge in [-0.2, -0.15) is 0 Å². The Bertz CT molecular complexity index is 291. The summed E-state index contributed by atoms with van der Waals surface area (Å²) in [5.74, 6) is -1.41. The standard InChI is InChI=1S/C12H23NO4/c1-8(11(2,3)4)6-9(14)13-7-12(5,17)10(15)16/h8,17H,6-7H2,1-5H3,(H,13,14)(H,15,16). The van der Waals surface area contributed by atoms with Gasteiger partial charge in [-0.05, 0) is 18.3 Å². The van der Waals surface area contributed by atoms with Crippen LogP contribution in [0.4, 0.5) is 0 Å². The summed E-state index contributed by atoms with van der Waals surface area (Å²) in [5, 5.41) is 20.5. The van der Waals surface area contributed by atoms with Crippen LogP contribution in [0.5, 0.6) is 0 Å². The highest BCUT2D eigenvalue weighted by Crippen LogP contribution is 2.27. The van der Waals surface area contributed by atoms with Gasteiger partial charge in [0.2, 0.25) is 5.91 Å². The van der Waals surface area contributed by atoms with Crippen molar-refractivity contribution >= 4 is 11.9 Å². The predicted molar refractivity (Wildman–Crippen MR) is 64.5 cm³/mol. The highest BCUT2D eigenvalue weighted by molar-refractivity contribution is 5.80. The van der Waals surface area contributed by atoms with Crippen LogP contribution in [0.3, 0.4) is 0 Å². The second kappa shape index (κ2) is 5.49. The van der Waals surface area contributed by atoms with Crippen LogP contribution in [0.2, 0.25) is 0 Å². The highest BCUT2D eigenvalue weighted by Gasteiger charge is 2.31. The van der Waals surface area contributed by atoms with Crippen molar-refractivity contribution in [2.75, 3.05) is 6.54 Å². The van der Waals surface area contributed by atoms with Gasteiger partial charge in [0.25, 0.3) is 0 Å². The first-order valence-electron chi connectivity index (χ1n) is 5.69. The molecule has 0 aliphatic heterocycles. The lowest BCUT2D eigenvalue weighted by atomic mass is 9.80. The summed E-state index contributed by atoms with van der Waals surface area (Å²) < 4.78 is 0. The van der Waals surface area contributed by atoms with E-state index in [1.54, 1.807) is 0 Å². The Kier molecular flexibility index (Phi) is 5.13. The van der Waals surface area contributed by atoms with Gasteiger partial charge in [-0.1, -0.05) is 27.7 Å². The van der Waals surface area contributed by atoms with Crippen molar-refractivity contribution < 1.29 is 19.8 Å². The van der Waals surface area contributed by atoms with Crippen molar-refractivity contribution in [3.63, 3.8) is 0 Å². The molecule has 0 rings (SSSR count). The summed E-state index contributed by atoms with van der Waals surface area (Å²) in [6.45, 7) is 8.96. The molecule has 0 saturated heterocycles. The lowest BCUT2D eigenvalue weighted by Gasteiger charge is -2.27. The second-order valence-electron chi connectivity index (χ2n) is 5.83. The van der Waals surface area contributed by atoms with E-state index < -0.39 is 11.6 Å². The van der Waals surface area contributed by atoms with Gasteiger partial charge in [-0.25, -0.2) is 4.79 Å². The fourth-order valence-corrected chi connectivity index (χ4v) is 1.00. The second-order valence-corrected chi connectivity index (χ2v) is 5.83. The summed E-state index contributed by atoms with van der Waals surface area (Å²) >= 11 is 0. The average Bonchev–Trinajstić information content (AvgIpc) is 2.13. The van der Waals surface area contributed by atoms with Crippen molar-refractivity contribution in [1.82, 2.24) is 5.32 Å². The molecule has 0 aromatic rings. The molecule has 0 aliphatic carbocycles. The number of carboxylic acids is 1. The van der Waals surface area contributed by atoms with E-state index >= 15 is 0 Å². The monoisotopic (exact) mass is 245 g/mol. The zero-order valence-electron chi connectivity index (χ0n) is 11.2. The third kappa shape index (κ3) is 5.68. The zero-order valence-corrected chi connectivity index (χ0v) is 11.2. The van der Waals surface area contributed by atoms with Crippen LogP contribution in [0.25, 0.3) is 0 Å². The van der Waals surface area contributed by atoms with E-state index in [2.05, 4.69) is 5.32 Å². The SMILES string of the molecule is CC(CC(=O)NCC(C)(O)C(=O)O)C(C)(C)C. The van der Waals surface area contributed by atoms with Crippen molar-refractivity contribution in [3.05, 3.63) is 0 Å². The van der Waals surface area contributed by atoms with Crippen molar-refractivity contribution in [2.45, 2.75) is 46.6 Å². The Balaban J connectivity index is 4.18. The molecule has 1 amide bonds. The molecule has 3 N–H and O–H groups in total. The number of rotatable bonds is 5. The Morgan fingerprint density at radius 3 is 2.06 bits per heavy atom. The Labute approximate surface area is 102 Å². The summed E-state index contributed by atoms with van der Waals surface area (Å²) in [6.07, 6.45) is 0.319. The number of carbonyl (C=O) groups excluding carboxylic acids is 1. The number of nitrogens with one attached hydrogen (secondary N) is 1. The molecular weight excluding hydrogens is 222 g/mol. The molecule has 0 aromatic heterocycles. The van der Waals surface area contributed by atoms with E-state index in [4.69, 9.17) is 5.11 Å². The summed E-state index contributed by atoms with van der Waals surface area (Å²) in [5.41, 5.74) is -1.90. The van der Waals surface area contributed by atoms with E-state index in [-0.39, 0.29) is 23.8 Å². The van der Waals surface area contributed by atoms with E-state index in [0.717, 1.165) is 6.92 Å². The van der Waals surface area contributed by atoms with E-state index in [0.29, 0.717) is 6.42 Å². The fourth-order valence-electron chi connectivity index (χ4n) is 1.00. The van der Waals surface area contributed by atoms with E-state index in [1.807, 2.05) is 27.7 Å². The first-order valence-corrected chi connectivity index (χ1v) is 5.69. The van der Waals surface area contributed by atoms with Crippen molar-refractivity contribution in [3.8, 4) is 0 Å². The van der Waals surface area contributed by atoms with Gasteiger partial charge in [0, 0.05) is 6.42 Å². The molecular formula is C12H23NO4. The molecule has 2 atom stereocenters. The Morgan fingerprint density at radius 2 is 1.71 bits per heavy atom. The van der Waals surface area contributed by atoms with Crippen LogP contribution in [0.15, 0.2) is 0 Å². The minimum Gasteiger partial charge on any atom is -0.479 e.